The molecule has 3 aliphatic rings. The molecule has 1 N–H and O–H groups in total. The second kappa shape index (κ2) is 8.92. The molecule has 0 aromatic heterocycles. The Morgan fingerprint density at radius 2 is 1.64 bits per heavy atom. The molecule has 0 spiro atoms. The van der Waals surface area contributed by atoms with Gasteiger partial charge in [0.25, 0.3) is 0 Å². The maximum atomic E-state index is 12.6. The number of fused-ring (bicyclic) bond motifs is 1. The summed E-state index contributed by atoms with van der Waals surface area (Å²) in [5.74, 6) is 1.18. The first-order valence-corrected chi connectivity index (χ1v) is 10.4. The fraction of sp³-hybridized carbons (Fsp3) is 0.619. The Hall–Kier alpha value is -2.12. The van der Waals surface area contributed by atoms with Crippen molar-refractivity contribution < 1.29 is 14.3 Å². The smallest absolute Gasteiger partial charge is 0.236 e. The van der Waals surface area contributed by atoms with Gasteiger partial charge in [0.15, 0.2) is 0 Å². The van der Waals surface area contributed by atoms with Crippen LogP contribution in [0, 0.1) is 0 Å². The summed E-state index contributed by atoms with van der Waals surface area (Å²) < 4.78 is 5.67. The molecule has 28 heavy (non-hydrogen) atoms. The van der Waals surface area contributed by atoms with Crippen LogP contribution in [0.15, 0.2) is 24.3 Å². The van der Waals surface area contributed by atoms with Crippen molar-refractivity contribution >= 4 is 11.8 Å². The largest absolute Gasteiger partial charge is 0.493 e. The van der Waals surface area contributed by atoms with Gasteiger partial charge in [-0.1, -0.05) is 18.2 Å². The highest BCUT2D eigenvalue weighted by atomic mass is 16.5. The van der Waals surface area contributed by atoms with E-state index in [1.807, 2.05) is 29.2 Å². The van der Waals surface area contributed by atoms with E-state index in [9.17, 15) is 9.59 Å². The molecule has 7 heteroatoms. The van der Waals surface area contributed by atoms with Gasteiger partial charge in [-0.2, -0.15) is 0 Å². The van der Waals surface area contributed by atoms with Crippen molar-refractivity contribution in [2.24, 2.45) is 0 Å². The molecule has 3 aliphatic heterocycles. The third-order valence-electron chi connectivity index (χ3n) is 5.94. The predicted octanol–water partition coefficient (Wildman–Crippen LogP) is 0.866. The van der Waals surface area contributed by atoms with Crippen LogP contribution in [0.25, 0.3) is 0 Å². The van der Waals surface area contributed by atoms with Crippen molar-refractivity contribution in [1.82, 2.24) is 20.0 Å². The number of piperazine rings is 1. The van der Waals surface area contributed by atoms with Crippen LogP contribution in [0.5, 0.6) is 5.75 Å². The van der Waals surface area contributed by atoms with Gasteiger partial charge in [-0.3, -0.25) is 19.4 Å². The molecule has 7 nitrogen and oxygen atoms in total. The minimum Gasteiger partial charge on any atom is -0.493 e. The topological polar surface area (TPSA) is 65.1 Å². The minimum atomic E-state index is 0.0248. The number of carbonyl (C=O) groups is 2. The first-order chi connectivity index (χ1) is 13.7. The minimum absolute atomic E-state index is 0.0248. The summed E-state index contributed by atoms with van der Waals surface area (Å²) in [4.78, 5) is 31.2. The second-order valence-electron chi connectivity index (χ2n) is 7.94. The van der Waals surface area contributed by atoms with Crippen molar-refractivity contribution in [3.05, 3.63) is 29.8 Å². The lowest BCUT2D eigenvalue weighted by Gasteiger charge is -2.35. The summed E-state index contributed by atoms with van der Waals surface area (Å²) >= 11 is 0. The number of likely N-dealkylation sites (tertiary alicyclic amines) is 1. The summed E-state index contributed by atoms with van der Waals surface area (Å²) in [5, 5.41) is 3.17. The summed E-state index contributed by atoms with van der Waals surface area (Å²) in [6.07, 6.45) is 3.06. The Morgan fingerprint density at radius 1 is 0.964 bits per heavy atom. The molecule has 0 bridgehead atoms. The van der Waals surface area contributed by atoms with E-state index >= 15 is 0 Å². The van der Waals surface area contributed by atoms with Crippen molar-refractivity contribution in [3.63, 3.8) is 0 Å². The average Bonchev–Trinajstić information content (AvgIpc) is 3.25. The van der Waals surface area contributed by atoms with Crippen LogP contribution in [0.3, 0.4) is 0 Å². The zero-order chi connectivity index (χ0) is 19.3. The molecule has 0 radical (unpaired) electrons. The lowest BCUT2D eigenvalue weighted by Crippen LogP contribution is -2.52. The Balaban J connectivity index is 1.21. The molecule has 152 valence electrons. The zero-order valence-electron chi connectivity index (χ0n) is 16.4. The number of carbonyl (C=O) groups excluding carboxylic acids is 2. The average molecular weight is 386 g/mol. The third kappa shape index (κ3) is 4.64. The van der Waals surface area contributed by atoms with Crippen LogP contribution < -0.4 is 10.1 Å². The molecule has 1 unspecified atom stereocenters. The van der Waals surface area contributed by atoms with Gasteiger partial charge in [0.1, 0.15) is 5.75 Å². The maximum absolute atomic E-state index is 12.6. The molecular weight excluding hydrogens is 356 g/mol. The molecule has 0 saturated carbocycles. The highest BCUT2D eigenvalue weighted by Crippen LogP contribution is 2.31. The van der Waals surface area contributed by atoms with E-state index in [4.69, 9.17) is 4.74 Å². The Morgan fingerprint density at radius 3 is 2.39 bits per heavy atom. The molecule has 2 fully saturated rings. The van der Waals surface area contributed by atoms with Crippen LogP contribution in [0.2, 0.25) is 0 Å². The van der Waals surface area contributed by atoms with Crippen molar-refractivity contribution in [3.8, 4) is 5.75 Å². The van der Waals surface area contributed by atoms with Crippen LogP contribution >= 0.6 is 0 Å². The first-order valence-electron chi connectivity index (χ1n) is 10.4. The number of amides is 2. The fourth-order valence-corrected chi connectivity index (χ4v) is 4.30. The normalized spacial score (nSPS) is 23.1. The van der Waals surface area contributed by atoms with Gasteiger partial charge in [0.2, 0.25) is 11.8 Å². The summed E-state index contributed by atoms with van der Waals surface area (Å²) in [6, 6.07) is 7.94. The van der Waals surface area contributed by atoms with E-state index in [-0.39, 0.29) is 17.9 Å². The van der Waals surface area contributed by atoms with Gasteiger partial charge in [-0.15, -0.1) is 0 Å². The number of hydrogen-bond donors (Lipinski definition) is 1. The van der Waals surface area contributed by atoms with Gasteiger partial charge in [-0.05, 0) is 18.9 Å². The van der Waals surface area contributed by atoms with Gasteiger partial charge in [0.05, 0.1) is 25.7 Å². The Bertz CT molecular complexity index is 697. The SMILES string of the molecule is O=C(CN1CCN(CC(=O)N2CCCC2)CC1)NC1CCOc2ccccc21. The molecule has 2 saturated heterocycles. The number of hydrogen-bond acceptors (Lipinski definition) is 5. The van der Waals surface area contributed by atoms with Crippen LogP contribution in [-0.2, 0) is 9.59 Å². The number of nitrogens with one attached hydrogen (secondary N) is 1. The zero-order valence-corrected chi connectivity index (χ0v) is 16.4. The number of benzene rings is 1. The molecular formula is C21H30N4O3. The van der Waals surface area contributed by atoms with E-state index < -0.39 is 0 Å². The number of nitrogens with zero attached hydrogens (tertiary/aromatic N) is 3. The number of ether oxygens (including phenoxy) is 1. The molecule has 1 atom stereocenters. The summed E-state index contributed by atoms with van der Waals surface area (Å²) in [6.45, 7) is 6.71. The summed E-state index contributed by atoms with van der Waals surface area (Å²) in [7, 11) is 0. The molecule has 2 amide bonds. The van der Waals surface area contributed by atoms with E-state index in [2.05, 4.69) is 15.1 Å². The Kier molecular flexibility index (Phi) is 6.12. The number of rotatable bonds is 5. The maximum Gasteiger partial charge on any atom is 0.236 e. The van der Waals surface area contributed by atoms with E-state index in [0.29, 0.717) is 19.7 Å². The fourth-order valence-electron chi connectivity index (χ4n) is 4.30. The highest BCUT2D eigenvalue weighted by molar-refractivity contribution is 5.79. The molecule has 1 aromatic carbocycles. The van der Waals surface area contributed by atoms with Crippen LogP contribution in [-0.4, -0.2) is 85.5 Å². The lowest BCUT2D eigenvalue weighted by molar-refractivity contribution is -0.132. The van der Waals surface area contributed by atoms with E-state index in [1.165, 1.54) is 0 Å². The standard InChI is InChI=1S/C21H30N4O3/c26-20(22-18-7-14-28-19-6-2-1-5-17(18)19)15-23-10-12-24(13-11-23)16-21(27)25-8-3-4-9-25/h1-2,5-6,18H,3-4,7-16H2,(H,22,26). The first kappa shape index (κ1) is 19.2. The monoisotopic (exact) mass is 386 g/mol. The van der Waals surface area contributed by atoms with Gasteiger partial charge in [0, 0.05) is 51.3 Å². The van der Waals surface area contributed by atoms with Gasteiger partial charge in [-0.25, -0.2) is 0 Å². The molecule has 1 aromatic rings. The molecule has 4 rings (SSSR count). The second-order valence-corrected chi connectivity index (χ2v) is 7.94. The van der Waals surface area contributed by atoms with Gasteiger partial charge < -0.3 is 15.0 Å². The van der Waals surface area contributed by atoms with Gasteiger partial charge >= 0.3 is 0 Å². The predicted molar refractivity (Wildman–Crippen MR) is 106 cm³/mol. The molecule has 3 heterocycles. The highest BCUT2D eigenvalue weighted by Gasteiger charge is 2.26. The number of para-hydroxylation sites is 1. The third-order valence-corrected chi connectivity index (χ3v) is 5.94. The quantitative estimate of drug-likeness (QED) is 0.813. The summed E-state index contributed by atoms with van der Waals surface area (Å²) in [5.41, 5.74) is 1.06. The van der Waals surface area contributed by atoms with E-state index in [0.717, 1.165) is 69.8 Å². The Labute approximate surface area is 166 Å². The van der Waals surface area contributed by atoms with Crippen molar-refractivity contribution in [2.75, 3.05) is 59.0 Å². The van der Waals surface area contributed by atoms with E-state index in [1.54, 1.807) is 0 Å². The van der Waals surface area contributed by atoms with Crippen LogP contribution in [0.4, 0.5) is 0 Å². The lowest BCUT2D eigenvalue weighted by atomic mass is 10.0. The molecule has 0 aliphatic carbocycles. The van der Waals surface area contributed by atoms with Crippen molar-refractivity contribution in [1.29, 1.82) is 0 Å². The van der Waals surface area contributed by atoms with Crippen LogP contribution in [0.1, 0.15) is 30.9 Å². The van der Waals surface area contributed by atoms with Crippen molar-refractivity contribution in [2.45, 2.75) is 25.3 Å².